The quantitative estimate of drug-likeness (QED) is 0.884. The van der Waals surface area contributed by atoms with Crippen molar-refractivity contribution in [1.29, 1.82) is 0 Å². The van der Waals surface area contributed by atoms with Crippen molar-refractivity contribution in [2.24, 2.45) is 0 Å². The number of hydrogen-bond acceptors (Lipinski definition) is 2. The first-order valence-electron chi connectivity index (χ1n) is 7.33. The van der Waals surface area contributed by atoms with Crippen molar-refractivity contribution in [3.05, 3.63) is 64.7 Å². The molecule has 0 radical (unpaired) electrons. The van der Waals surface area contributed by atoms with Gasteiger partial charge in [-0.2, -0.15) is 13.2 Å². The standard InChI is InChI=1S/C17H18F3NO2S/c1-12-3-4-13(2)16(11-12)24(22,23)21-10-9-14-5-7-15(8-6-14)17(18,19)20/h3-8,11,21H,9-10H2,1-2H3. The van der Waals surface area contributed by atoms with Crippen LogP contribution in [0.2, 0.25) is 0 Å². The van der Waals surface area contributed by atoms with Gasteiger partial charge in [-0.05, 0) is 55.2 Å². The van der Waals surface area contributed by atoms with Gasteiger partial charge in [0.05, 0.1) is 10.5 Å². The van der Waals surface area contributed by atoms with Gasteiger partial charge in [0.25, 0.3) is 0 Å². The van der Waals surface area contributed by atoms with Crippen LogP contribution in [0.5, 0.6) is 0 Å². The summed E-state index contributed by atoms with van der Waals surface area (Å²) in [5.41, 5.74) is 1.39. The zero-order valence-electron chi connectivity index (χ0n) is 13.3. The summed E-state index contributed by atoms with van der Waals surface area (Å²) in [7, 11) is -3.65. The summed E-state index contributed by atoms with van der Waals surface area (Å²) >= 11 is 0. The summed E-state index contributed by atoms with van der Waals surface area (Å²) in [5, 5.41) is 0. The van der Waals surface area contributed by atoms with Crippen LogP contribution in [-0.2, 0) is 22.6 Å². The number of aryl methyl sites for hydroxylation is 2. The van der Waals surface area contributed by atoms with Crippen LogP contribution in [-0.4, -0.2) is 15.0 Å². The fraction of sp³-hybridized carbons (Fsp3) is 0.294. The number of alkyl halides is 3. The topological polar surface area (TPSA) is 46.2 Å². The predicted octanol–water partition coefficient (Wildman–Crippen LogP) is 3.84. The predicted molar refractivity (Wildman–Crippen MR) is 86.3 cm³/mol. The van der Waals surface area contributed by atoms with Gasteiger partial charge in [-0.1, -0.05) is 24.3 Å². The molecule has 2 rings (SSSR count). The lowest BCUT2D eigenvalue weighted by Gasteiger charge is -2.11. The Hall–Kier alpha value is -1.86. The third-order valence-corrected chi connectivity index (χ3v) is 5.22. The zero-order chi connectivity index (χ0) is 18.0. The second-order valence-corrected chi connectivity index (χ2v) is 7.35. The van der Waals surface area contributed by atoms with Gasteiger partial charge in [0.15, 0.2) is 0 Å². The van der Waals surface area contributed by atoms with Crippen LogP contribution in [0.1, 0.15) is 22.3 Å². The van der Waals surface area contributed by atoms with E-state index in [1.54, 1.807) is 26.0 Å². The Morgan fingerprint density at radius 1 is 1.00 bits per heavy atom. The number of halogens is 3. The Balaban J connectivity index is 2.02. The van der Waals surface area contributed by atoms with Gasteiger partial charge in [-0.25, -0.2) is 13.1 Å². The first-order chi connectivity index (χ1) is 11.1. The summed E-state index contributed by atoms with van der Waals surface area (Å²) in [6.45, 7) is 3.63. The van der Waals surface area contributed by atoms with Gasteiger partial charge >= 0.3 is 6.18 Å². The van der Waals surface area contributed by atoms with Crippen molar-refractivity contribution in [2.45, 2.75) is 31.3 Å². The normalized spacial score (nSPS) is 12.4. The van der Waals surface area contributed by atoms with Gasteiger partial charge in [0.2, 0.25) is 10.0 Å². The summed E-state index contributed by atoms with van der Waals surface area (Å²) < 4.78 is 64.6. The van der Waals surface area contributed by atoms with E-state index in [9.17, 15) is 21.6 Å². The third-order valence-electron chi connectivity index (χ3n) is 3.62. The second kappa shape index (κ2) is 6.94. The van der Waals surface area contributed by atoms with E-state index in [1.807, 2.05) is 6.07 Å². The maximum absolute atomic E-state index is 12.5. The van der Waals surface area contributed by atoms with E-state index >= 15 is 0 Å². The molecule has 2 aromatic rings. The van der Waals surface area contributed by atoms with E-state index in [4.69, 9.17) is 0 Å². The molecule has 0 atom stereocenters. The van der Waals surface area contributed by atoms with E-state index in [0.29, 0.717) is 17.5 Å². The summed E-state index contributed by atoms with van der Waals surface area (Å²) in [5.74, 6) is 0. The fourth-order valence-corrected chi connectivity index (χ4v) is 3.62. The summed E-state index contributed by atoms with van der Waals surface area (Å²) in [6.07, 6.45) is -4.06. The summed E-state index contributed by atoms with van der Waals surface area (Å²) in [6, 6.07) is 9.86. The molecule has 0 heterocycles. The molecule has 0 unspecified atom stereocenters. The molecule has 0 amide bonds. The highest BCUT2D eigenvalue weighted by Gasteiger charge is 2.29. The molecule has 0 bridgehead atoms. The lowest BCUT2D eigenvalue weighted by molar-refractivity contribution is -0.137. The van der Waals surface area contributed by atoms with Crippen molar-refractivity contribution in [3.63, 3.8) is 0 Å². The highest BCUT2D eigenvalue weighted by Crippen LogP contribution is 2.29. The molecule has 0 saturated carbocycles. The van der Waals surface area contributed by atoms with Gasteiger partial charge in [0, 0.05) is 6.54 Å². The van der Waals surface area contributed by atoms with Gasteiger partial charge in [-0.3, -0.25) is 0 Å². The Morgan fingerprint density at radius 2 is 1.62 bits per heavy atom. The monoisotopic (exact) mass is 357 g/mol. The average molecular weight is 357 g/mol. The molecular weight excluding hydrogens is 339 g/mol. The Kier molecular flexibility index (Phi) is 5.35. The molecule has 130 valence electrons. The molecule has 0 fully saturated rings. The smallest absolute Gasteiger partial charge is 0.211 e. The molecule has 1 N–H and O–H groups in total. The van der Waals surface area contributed by atoms with Gasteiger partial charge in [-0.15, -0.1) is 0 Å². The SMILES string of the molecule is Cc1ccc(C)c(S(=O)(=O)NCCc2ccc(C(F)(F)F)cc2)c1. The molecule has 2 aromatic carbocycles. The molecule has 3 nitrogen and oxygen atoms in total. The van der Waals surface area contributed by atoms with Crippen molar-refractivity contribution >= 4 is 10.0 Å². The average Bonchev–Trinajstić information content (AvgIpc) is 2.49. The van der Waals surface area contributed by atoms with E-state index in [-0.39, 0.29) is 11.4 Å². The minimum Gasteiger partial charge on any atom is -0.211 e. The number of sulfonamides is 1. The molecule has 0 aliphatic rings. The van der Waals surface area contributed by atoms with Crippen molar-refractivity contribution in [1.82, 2.24) is 4.72 Å². The minimum absolute atomic E-state index is 0.112. The molecule has 0 aliphatic heterocycles. The van der Waals surface area contributed by atoms with Crippen molar-refractivity contribution in [2.75, 3.05) is 6.54 Å². The van der Waals surface area contributed by atoms with E-state index in [0.717, 1.165) is 17.7 Å². The first-order valence-corrected chi connectivity index (χ1v) is 8.81. The highest BCUT2D eigenvalue weighted by atomic mass is 32.2. The van der Waals surface area contributed by atoms with Crippen LogP contribution in [0.25, 0.3) is 0 Å². The number of rotatable bonds is 5. The van der Waals surface area contributed by atoms with Crippen LogP contribution >= 0.6 is 0 Å². The van der Waals surface area contributed by atoms with Crippen LogP contribution in [0, 0.1) is 13.8 Å². The van der Waals surface area contributed by atoms with Gasteiger partial charge < -0.3 is 0 Å². The Labute approximate surface area is 139 Å². The largest absolute Gasteiger partial charge is 0.416 e. The van der Waals surface area contributed by atoms with E-state index in [1.165, 1.54) is 12.1 Å². The summed E-state index contributed by atoms with van der Waals surface area (Å²) in [4.78, 5) is 0.218. The maximum Gasteiger partial charge on any atom is 0.416 e. The zero-order valence-corrected chi connectivity index (χ0v) is 14.1. The van der Waals surface area contributed by atoms with E-state index in [2.05, 4.69) is 4.72 Å². The Bertz CT molecular complexity index is 813. The molecule has 0 aliphatic carbocycles. The molecule has 7 heteroatoms. The van der Waals surface area contributed by atoms with Crippen LogP contribution < -0.4 is 4.72 Å². The maximum atomic E-state index is 12.5. The van der Waals surface area contributed by atoms with Crippen LogP contribution in [0.15, 0.2) is 47.4 Å². The molecule has 0 spiro atoms. The number of nitrogens with one attached hydrogen (secondary N) is 1. The minimum atomic E-state index is -4.37. The van der Waals surface area contributed by atoms with Crippen molar-refractivity contribution < 1.29 is 21.6 Å². The highest BCUT2D eigenvalue weighted by molar-refractivity contribution is 7.89. The third kappa shape index (κ3) is 4.58. The molecule has 24 heavy (non-hydrogen) atoms. The van der Waals surface area contributed by atoms with E-state index < -0.39 is 21.8 Å². The fourth-order valence-electron chi connectivity index (χ4n) is 2.26. The van der Waals surface area contributed by atoms with Crippen molar-refractivity contribution in [3.8, 4) is 0 Å². The number of benzene rings is 2. The lowest BCUT2D eigenvalue weighted by atomic mass is 10.1. The van der Waals surface area contributed by atoms with Gasteiger partial charge in [0.1, 0.15) is 0 Å². The van der Waals surface area contributed by atoms with Crippen LogP contribution in [0.3, 0.4) is 0 Å². The lowest BCUT2D eigenvalue weighted by Crippen LogP contribution is -2.26. The Morgan fingerprint density at radius 3 is 2.21 bits per heavy atom. The first kappa shape index (κ1) is 18.5. The van der Waals surface area contributed by atoms with Crippen LogP contribution in [0.4, 0.5) is 13.2 Å². The molecular formula is C17H18F3NO2S. The molecule has 0 saturated heterocycles. The number of hydrogen-bond donors (Lipinski definition) is 1. The molecule has 0 aromatic heterocycles. The second-order valence-electron chi connectivity index (χ2n) is 5.61.